The molecule has 2 unspecified atom stereocenters. The van der Waals surface area contributed by atoms with Gasteiger partial charge in [0.15, 0.2) is 0 Å². The van der Waals surface area contributed by atoms with Crippen molar-refractivity contribution in [3.8, 4) is 0 Å². The molecule has 2 aliphatic rings. The molecule has 0 aromatic carbocycles. The van der Waals surface area contributed by atoms with Crippen molar-refractivity contribution in [1.82, 2.24) is 19.7 Å². The van der Waals surface area contributed by atoms with E-state index in [0.29, 0.717) is 19.5 Å². The number of fused-ring (bicyclic) bond motifs is 1. The molecule has 2 atom stereocenters. The van der Waals surface area contributed by atoms with Gasteiger partial charge in [-0.25, -0.2) is 4.98 Å². The largest absolute Gasteiger partial charge is 0.342 e. The van der Waals surface area contributed by atoms with Crippen LogP contribution in [0.15, 0.2) is 12.1 Å². The molecule has 0 radical (unpaired) electrons. The lowest BCUT2D eigenvalue weighted by molar-refractivity contribution is -0.130. The molecular formula is C23H31N5O2. The Kier molecular flexibility index (Phi) is 5.38. The zero-order chi connectivity index (χ0) is 21.6. The molecule has 4 heterocycles. The summed E-state index contributed by atoms with van der Waals surface area (Å²) in [4.78, 5) is 33.8. The predicted octanol–water partition coefficient (Wildman–Crippen LogP) is 2.88. The molecule has 2 aliphatic heterocycles. The van der Waals surface area contributed by atoms with Crippen LogP contribution in [0.3, 0.4) is 0 Å². The van der Waals surface area contributed by atoms with Crippen molar-refractivity contribution in [1.29, 1.82) is 0 Å². The molecule has 7 nitrogen and oxygen atoms in total. The molecule has 0 aliphatic carbocycles. The van der Waals surface area contributed by atoms with E-state index in [2.05, 4.69) is 17.2 Å². The van der Waals surface area contributed by atoms with Gasteiger partial charge in [0.05, 0.1) is 12.2 Å². The predicted molar refractivity (Wildman–Crippen MR) is 115 cm³/mol. The number of carbonyl (C=O) groups is 2. The van der Waals surface area contributed by atoms with E-state index in [9.17, 15) is 9.59 Å². The first-order chi connectivity index (χ1) is 14.3. The smallest absolute Gasteiger partial charge is 0.231 e. The third-order valence-electron chi connectivity index (χ3n) is 6.71. The number of likely N-dealkylation sites (tertiary alicyclic amines) is 1. The fourth-order valence-corrected chi connectivity index (χ4v) is 4.76. The Bertz CT molecular complexity index is 996. The van der Waals surface area contributed by atoms with Gasteiger partial charge in [0.1, 0.15) is 5.82 Å². The maximum absolute atomic E-state index is 13.2. The fraction of sp³-hybridized carbons (Fsp3) is 0.565. The normalized spacial score (nSPS) is 21.7. The minimum absolute atomic E-state index is 0.0645. The molecule has 1 fully saturated rings. The van der Waals surface area contributed by atoms with Crippen LogP contribution in [-0.2, 0) is 29.6 Å². The number of rotatable bonds is 3. The van der Waals surface area contributed by atoms with Crippen molar-refractivity contribution in [2.24, 2.45) is 13.0 Å². The quantitative estimate of drug-likeness (QED) is 0.782. The molecule has 4 rings (SSSR count). The zero-order valence-corrected chi connectivity index (χ0v) is 18.6. The summed E-state index contributed by atoms with van der Waals surface area (Å²) in [6.07, 6.45) is 2.71. The molecule has 1 saturated heterocycles. The molecule has 7 heteroatoms. The van der Waals surface area contributed by atoms with Crippen molar-refractivity contribution in [2.45, 2.75) is 59.4 Å². The van der Waals surface area contributed by atoms with Crippen molar-refractivity contribution >= 4 is 17.6 Å². The van der Waals surface area contributed by atoms with Crippen molar-refractivity contribution < 1.29 is 9.59 Å². The van der Waals surface area contributed by atoms with Gasteiger partial charge in [0, 0.05) is 55.8 Å². The number of amides is 2. The van der Waals surface area contributed by atoms with Crippen LogP contribution in [0.1, 0.15) is 60.8 Å². The van der Waals surface area contributed by atoms with Gasteiger partial charge in [-0.05, 0) is 44.7 Å². The maximum Gasteiger partial charge on any atom is 0.231 e. The van der Waals surface area contributed by atoms with E-state index < -0.39 is 0 Å². The van der Waals surface area contributed by atoms with Gasteiger partial charge in [-0.1, -0.05) is 13.0 Å². The number of nitrogens with zero attached hydrogens (tertiary/aromatic N) is 5. The lowest BCUT2D eigenvalue weighted by atomic mass is 9.91. The average molecular weight is 410 g/mol. The van der Waals surface area contributed by atoms with Crippen LogP contribution in [0.25, 0.3) is 0 Å². The Hall–Kier alpha value is -2.70. The number of anilines is 1. The van der Waals surface area contributed by atoms with Crippen LogP contribution in [0.2, 0.25) is 0 Å². The highest BCUT2D eigenvalue weighted by Crippen LogP contribution is 2.34. The highest BCUT2D eigenvalue weighted by atomic mass is 16.2. The first-order valence-electron chi connectivity index (χ1n) is 10.8. The van der Waals surface area contributed by atoms with Gasteiger partial charge in [0.25, 0.3) is 0 Å². The minimum Gasteiger partial charge on any atom is -0.342 e. The minimum atomic E-state index is -0.0645. The van der Waals surface area contributed by atoms with Crippen molar-refractivity contribution in [3.05, 3.63) is 40.3 Å². The number of aryl methyl sites for hydroxylation is 2. The topological polar surface area (TPSA) is 71.3 Å². The molecule has 0 spiro atoms. The summed E-state index contributed by atoms with van der Waals surface area (Å²) in [5, 5.41) is 4.51. The van der Waals surface area contributed by atoms with E-state index in [1.807, 2.05) is 42.3 Å². The second-order valence-corrected chi connectivity index (χ2v) is 8.83. The Morgan fingerprint density at radius 2 is 2.03 bits per heavy atom. The highest BCUT2D eigenvalue weighted by Gasteiger charge is 2.33. The number of carbonyl (C=O) groups excluding carboxylic acids is 2. The highest BCUT2D eigenvalue weighted by molar-refractivity contribution is 5.96. The summed E-state index contributed by atoms with van der Waals surface area (Å²) in [6.45, 7) is 9.65. The Morgan fingerprint density at radius 1 is 1.27 bits per heavy atom. The standard InChI is InChI=1S/C23H31N5O2/c1-14-11-18-8-9-21(19-7-6-10-27(12-19)17(4)29)24-22(18)28(23(14)30)13-20-15(2)25-26(5)16(20)3/h8-9,14,19H,6-7,10-13H2,1-5H3. The van der Waals surface area contributed by atoms with Gasteiger partial charge in [-0.3, -0.25) is 19.2 Å². The summed E-state index contributed by atoms with van der Waals surface area (Å²) in [5.74, 6) is 1.16. The molecule has 2 aromatic heterocycles. The van der Waals surface area contributed by atoms with E-state index in [-0.39, 0.29) is 23.7 Å². The molecule has 0 saturated carbocycles. The molecule has 0 bridgehead atoms. The molecule has 160 valence electrons. The van der Waals surface area contributed by atoms with E-state index in [1.54, 1.807) is 6.92 Å². The fourth-order valence-electron chi connectivity index (χ4n) is 4.76. The molecular weight excluding hydrogens is 378 g/mol. The average Bonchev–Trinajstić information content (AvgIpc) is 2.96. The summed E-state index contributed by atoms with van der Waals surface area (Å²) in [7, 11) is 1.93. The van der Waals surface area contributed by atoms with Gasteiger partial charge in [-0.2, -0.15) is 5.10 Å². The lowest BCUT2D eigenvalue weighted by Gasteiger charge is -2.35. The number of hydrogen-bond acceptors (Lipinski definition) is 4. The van der Waals surface area contributed by atoms with Crippen LogP contribution in [-0.4, -0.2) is 44.6 Å². The number of pyridine rings is 1. The maximum atomic E-state index is 13.2. The Balaban J connectivity index is 1.69. The summed E-state index contributed by atoms with van der Waals surface area (Å²) in [5.41, 5.74) is 5.19. The third-order valence-corrected chi connectivity index (χ3v) is 6.71. The molecule has 0 N–H and O–H groups in total. The van der Waals surface area contributed by atoms with Gasteiger partial charge in [0.2, 0.25) is 11.8 Å². The monoisotopic (exact) mass is 409 g/mol. The third kappa shape index (κ3) is 3.61. The second-order valence-electron chi connectivity index (χ2n) is 8.83. The summed E-state index contributed by atoms with van der Waals surface area (Å²) < 4.78 is 1.87. The lowest BCUT2D eigenvalue weighted by Crippen LogP contribution is -2.41. The molecule has 2 amide bonds. The summed E-state index contributed by atoms with van der Waals surface area (Å²) >= 11 is 0. The Morgan fingerprint density at radius 3 is 2.70 bits per heavy atom. The van der Waals surface area contributed by atoms with Gasteiger partial charge >= 0.3 is 0 Å². The van der Waals surface area contributed by atoms with Crippen molar-refractivity contribution in [2.75, 3.05) is 18.0 Å². The van der Waals surface area contributed by atoms with Gasteiger partial charge in [-0.15, -0.1) is 0 Å². The van der Waals surface area contributed by atoms with Crippen LogP contribution in [0.5, 0.6) is 0 Å². The Labute approximate surface area is 178 Å². The molecule has 30 heavy (non-hydrogen) atoms. The van der Waals surface area contributed by atoms with E-state index in [1.165, 1.54) is 0 Å². The number of aromatic nitrogens is 3. The van der Waals surface area contributed by atoms with E-state index in [0.717, 1.165) is 53.4 Å². The second kappa shape index (κ2) is 7.85. The zero-order valence-electron chi connectivity index (χ0n) is 18.6. The first kappa shape index (κ1) is 20.6. The number of piperidine rings is 1. The van der Waals surface area contributed by atoms with Crippen LogP contribution >= 0.6 is 0 Å². The van der Waals surface area contributed by atoms with Crippen molar-refractivity contribution in [3.63, 3.8) is 0 Å². The first-order valence-corrected chi connectivity index (χ1v) is 10.8. The number of hydrogen-bond donors (Lipinski definition) is 0. The van der Waals surface area contributed by atoms with Crippen LogP contribution < -0.4 is 4.90 Å². The van der Waals surface area contributed by atoms with Crippen LogP contribution in [0.4, 0.5) is 5.82 Å². The van der Waals surface area contributed by atoms with Crippen LogP contribution in [0, 0.1) is 19.8 Å². The SMILES string of the molecule is CC(=O)N1CCCC(c2ccc3c(n2)N(Cc2c(C)nn(C)c2C)C(=O)C(C)C3)C1. The van der Waals surface area contributed by atoms with E-state index >= 15 is 0 Å². The molecule has 2 aromatic rings. The summed E-state index contributed by atoms with van der Waals surface area (Å²) in [6, 6.07) is 4.22. The van der Waals surface area contributed by atoms with Gasteiger partial charge < -0.3 is 4.90 Å². The van der Waals surface area contributed by atoms with E-state index in [4.69, 9.17) is 4.98 Å².